The molecule has 3 aromatic carbocycles. The lowest BCUT2D eigenvalue weighted by atomic mass is 9.64. The highest BCUT2D eigenvalue weighted by atomic mass is 16.5. The van der Waals surface area contributed by atoms with Crippen LogP contribution in [0.15, 0.2) is 104 Å². The van der Waals surface area contributed by atoms with Gasteiger partial charge in [-0.1, -0.05) is 49.4 Å². The molecule has 0 aromatic heterocycles. The molecule has 3 aliphatic rings. The van der Waals surface area contributed by atoms with Gasteiger partial charge in [0.25, 0.3) is 5.91 Å². The summed E-state index contributed by atoms with van der Waals surface area (Å²) < 4.78 is 18.1. The average Bonchev–Trinajstić information content (AvgIpc) is 3.79. The molecule has 0 aliphatic carbocycles. The fourth-order valence-corrected chi connectivity index (χ4v) is 8.71. The molecule has 3 aliphatic heterocycles. The van der Waals surface area contributed by atoms with Gasteiger partial charge in [-0.3, -0.25) is 14.4 Å². The standard InChI is InChI=1S/C42H49N3O7/c1-6-25-43(30-17-21-34(22-18-30)51-9-4)38(47)35-36-39(48)45(32(28-46)27-29-13-11-10-12-14-29)37(42(36)24-23-41(35,8-3)52-42)40(49)44(26-7-2)31-15-19-33(50-5)20-16-31/h6-7,10-22,32,35-37,46H,1-2,8-9,23-28H2,3-5H3/t32-,35-,36+,37?,41+,42?/m1/s1. The van der Waals surface area contributed by atoms with E-state index in [1.165, 1.54) is 0 Å². The zero-order valence-electron chi connectivity index (χ0n) is 30.3. The molecule has 52 heavy (non-hydrogen) atoms. The molecule has 0 radical (unpaired) electrons. The summed E-state index contributed by atoms with van der Waals surface area (Å²) in [4.78, 5) is 50.3. The van der Waals surface area contributed by atoms with Crippen LogP contribution in [0.5, 0.6) is 11.5 Å². The first kappa shape index (κ1) is 36.8. The van der Waals surface area contributed by atoms with Crippen molar-refractivity contribution in [3.05, 3.63) is 110 Å². The number of amides is 3. The van der Waals surface area contributed by atoms with Crippen molar-refractivity contribution in [2.24, 2.45) is 11.8 Å². The fourth-order valence-electron chi connectivity index (χ4n) is 8.71. The summed E-state index contributed by atoms with van der Waals surface area (Å²) in [7, 11) is 1.58. The van der Waals surface area contributed by atoms with Crippen molar-refractivity contribution < 1.29 is 33.7 Å². The van der Waals surface area contributed by atoms with Gasteiger partial charge in [0.15, 0.2) is 0 Å². The van der Waals surface area contributed by atoms with Crippen LogP contribution in [0.2, 0.25) is 0 Å². The molecule has 3 heterocycles. The van der Waals surface area contributed by atoms with Gasteiger partial charge >= 0.3 is 0 Å². The van der Waals surface area contributed by atoms with Crippen molar-refractivity contribution in [3.63, 3.8) is 0 Å². The fraction of sp³-hybridized carbons (Fsp3) is 0.405. The Kier molecular flexibility index (Phi) is 10.9. The minimum atomic E-state index is -1.31. The van der Waals surface area contributed by atoms with Crippen LogP contribution >= 0.6 is 0 Å². The molecule has 3 saturated heterocycles. The van der Waals surface area contributed by atoms with Crippen LogP contribution in [-0.2, 0) is 25.5 Å². The number of rotatable bonds is 16. The Morgan fingerprint density at radius 3 is 2.06 bits per heavy atom. The highest BCUT2D eigenvalue weighted by Crippen LogP contribution is 2.65. The van der Waals surface area contributed by atoms with Gasteiger partial charge in [-0.05, 0) is 86.7 Å². The number of nitrogens with zero attached hydrogens (tertiary/aromatic N) is 3. The Morgan fingerprint density at radius 1 is 0.923 bits per heavy atom. The third-order valence-corrected chi connectivity index (χ3v) is 11.0. The van der Waals surface area contributed by atoms with Crippen molar-refractivity contribution in [3.8, 4) is 11.5 Å². The number of carbonyl (C=O) groups is 3. The first-order valence-corrected chi connectivity index (χ1v) is 18.1. The van der Waals surface area contributed by atoms with Gasteiger partial charge in [-0.15, -0.1) is 13.2 Å². The second kappa shape index (κ2) is 15.4. The second-order valence-electron chi connectivity index (χ2n) is 13.7. The van der Waals surface area contributed by atoms with E-state index in [1.807, 2.05) is 68.4 Å². The normalized spacial score (nSPS) is 25.0. The molecular weight excluding hydrogens is 658 g/mol. The van der Waals surface area contributed by atoms with E-state index in [-0.39, 0.29) is 37.4 Å². The van der Waals surface area contributed by atoms with E-state index in [9.17, 15) is 5.11 Å². The average molecular weight is 708 g/mol. The zero-order chi connectivity index (χ0) is 37.0. The van der Waals surface area contributed by atoms with Crippen LogP contribution in [0, 0.1) is 11.8 Å². The van der Waals surface area contributed by atoms with E-state index in [0.29, 0.717) is 55.2 Å². The lowest BCUT2D eigenvalue weighted by Gasteiger charge is -2.39. The van der Waals surface area contributed by atoms with Crippen molar-refractivity contribution in [1.29, 1.82) is 0 Å². The molecule has 2 unspecified atom stereocenters. The number of aliphatic hydroxyl groups excluding tert-OH is 1. The van der Waals surface area contributed by atoms with Gasteiger partial charge in [-0.2, -0.15) is 0 Å². The number of fused-ring (bicyclic) bond motifs is 1. The number of methoxy groups -OCH3 is 1. The molecule has 3 fully saturated rings. The summed E-state index contributed by atoms with van der Waals surface area (Å²) in [6.07, 6.45) is 5.00. The second-order valence-corrected chi connectivity index (χ2v) is 13.7. The number of aliphatic hydroxyl groups is 1. The Balaban J connectivity index is 1.47. The Labute approximate surface area is 306 Å². The number of benzene rings is 3. The quantitative estimate of drug-likeness (QED) is 0.194. The first-order valence-electron chi connectivity index (χ1n) is 18.1. The number of hydrogen-bond acceptors (Lipinski definition) is 7. The molecule has 2 bridgehead atoms. The first-order chi connectivity index (χ1) is 25.2. The highest BCUT2D eigenvalue weighted by Gasteiger charge is 2.79. The van der Waals surface area contributed by atoms with Gasteiger partial charge in [-0.25, -0.2) is 0 Å². The number of carbonyl (C=O) groups excluding carboxylic acids is 3. The molecule has 1 N–H and O–H groups in total. The molecule has 10 nitrogen and oxygen atoms in total. The maximum Gasteiger partial charge on any atom is 0.253 e. The predicted octanol–water partition coefficient (Wildman–Crippen LogP) is 5.59. The minimum Gasteiger partial charge on any atom is -0.497 e. The van der Waals surface area contributed by atoms with E-state index in [4.69, 9.17) is 14.2 Å². The van der Waals surface area contributed by atoms with Crippen LogP contribution < -0.4 is 19.3 Å². The van der Waals surface area contributed by atoms with Crippen LogP contribution in [0.3, 0.4) is 0 Å². The van der Waals surface area contributed by atoms with Crippen molar-refractivity contribution in [1.82, 2.24) is 4.90 Å². The SMILES string of the molecule is C=CCN(C(=O)C1N([C@@H](CO)Cc2ccccc2)C(=O)[C@@H]2[C@H](C(=O)N(CC=C)c3ccc(OCC)cc3)[C@]3(CC)CCC12O3)c1ccc(OC)cc1. The minimum absolute atomic E-state index is 0.166. The molecule has 0 saturated carbocycles. The smallest absolute Gasteiger partial charge is 0.253 e. The number of ether oxygens (including phenoxy) is 3. The zero-order valence-corrected chi connectivity index (χ0v) is 30.3. The molecule has 6 rings (SSSR count). The third kappa shape index (κ3) is 6.28. The van der Waals surface area contributed by atoms with E-state index < -0.39 is 35.1 Å². The largest absolute Gasteiger partial charge is 0.497 e. The number of likely N-dealkylation sites (tertiary alicyclic amines) is 1. The molecular formula is C42H49N3O7. The third-order valence-electron chi connectivity index (χ3n) is 11.0. The summed E-state index contributed by atoms with van der Waals surface area (Å²) in [5.74, 6) is -1.50. The van der Waals surface area contributed by atoms with Gasteiger partial charge < -0.3 is 34.0 Å². The molecule has 1 spiro atoms. The summed E-state index contributed by atoms with van der Waals surface area (Å²) in [5, 5.41) is 11.0. The van der Waals surface area contributed by atoms with Gasteiger partial charge in [0.05, 0.1) is 43.8 Å². The van der Waals surface area contributed by atoms with E-state index in [2.05, 4.69) is 13.2 Å². The topological polar surface area (TPSA) is 109 Å². The van der Waals surface area contributed by atoms with E-state index in [0.717, 1.165) is 5.56 Å². The molecule has 3 aromatic rings. The van der Waals surface area contributed by atoms with Crippen LogP contribution in [-0.4, -0.2) is 84.4 Å². The maximum absolute atomic E-state index is 15.2. The lowest BCUT2D eigenvalue weighted by molar-refractivity contribution is -0.149. The Hall–Kier alpha value is -4.93. The van der Waals surface area contributed by atoms with E-state index >= 15 is 14.4 Å². The number of hydrogen-bond donors (Lipinski definition) is 1. The van der Waals surface area contributed by atoms with Crippen LogP contribution in [0.4, 0.5) is 11.4 Å². The number of anilines is 2. The maximum atomic E-state index is 15.2. The molecule has 6 atom stereocenters. The summed E-state index contributed by atoms with van der Waals surface area (Å²) in [6, 6.07) is 22.1. The van der Waals surface area contributed by atoms with Gasteiger partial charge in [0.2, 0.25) is 11.8 Å². The Morgan fingerprint density at radius 2 is 1.52 bits per heavy atom. The highest BCUT2D eigenvalue weighted by molar-refractivity contribution is 6.07. The summed E-state index contributed by atoms with van der Waals surface area (Å²) >= 11 is 0. The summed E-state index contributed by atoms with van der Waals surface area (Å²) in [6.45, 7) is 12.2. The predicted molar refractivity (Wildman–Crippen MR) is 200 cm³/mol. The van der Waals surface area contributed by atoms with Gasteiger partial charge in [0, 0.05) is 24.5 Å². The molecule has 274 valence electrons. The van der Waals surface area contributed by atoms with Crippen molar-refractivity contribution in [2.45, 2.75) is 62.8 Å². The molecule has 3 amide bonds. The lowest BCUT2D eigenvalue weighted by Crippen LogP contribution is -2.59. The van der Waals surface area contributed by atoms with Crippen LogP contribution in [0.25, 0.3) is 0 Å². The monoisotopic (exact) mass is 707 g/mol. The van der Waals surface area contributed by atoms with Crippen molar-refractivity contribution >= 4 is 29.1 Å². The molecule has 10 heteroatoms. The van der Waals surface area contributed by atoms with E-state index in [1.54, 1.807) is 58.2 Å². The Bertz CT molecular complexity index is 1760. The van der Waals surface area contributed by atoms with Crippen LogP contribution in [0.1, 0.15) is 38.7 Å². The summed E-state index contributed by atoms with van der Waals surface area (Å²) in [5.41, 5.74) is -0.132. The van der Waals surface area contributed by atoms with Crippen molar-refractivity contribution in [2.75, 3.05) is 43.2 Å². The van der Waals surface area contributed by atoms with Gasteiger partial charge in [0.1, 0.15) is 23.1 Å².